The van der Waals surface area contributed by atoms with E-state index in [1.54, 1.807) is 6.07 Å². The zero-order chi connectivity index (χ0) is 20.9. The van der Waals surface area contributed by atoms with Gasteiger partial charge < -0.3 is 5.32 Å². The van der Waals surface area contributed by atoms with Crippen molar-refractivity contribution in [3.8, 4) is 0 Å². The number of nitrogens with one attached hydrogen (secondary N) is 2. The van der Waals surface area contributed by atoms with Crippen LogP contribution in [0, 0.1) is 0 Å². The maximum absolute atomic E-state index is 14.5. The number of imide groups is 1. The molecule has 0 radical (unpaired) electrons. The molecule has 0 aliphatic carbocycles. The van der Waals surface area contributed by atoms with Gasteiger partial charge in [0.25, 0.3) is 0 Å². The molecular weight excluding hydrogens is 403 g/mol. The summed E-state index contributed by atoms with van der Waals surface area (Å²) >= 11 is 0. The largest absolute Gasteiger partial charge is 0.334 e. The number of nitrogens with zero attached hydrogens (tertiary/aromatic N) is 2. The molecular formula is C18H21FN4O5S. The van der Waals surface area contributed by atoms with Gasteiger partial charge >= 0.3 is 15.9 Å². The number of rotatable bonds is 3. The third kappa shape index (κ3) is 3.27. The minimum absolute atomic E-state index is 0.0562. The molecule has 156 valence electrons. The zero-order valence-electron chi connectivity index (χ0n) is 15.8. The van der Waals surface area contributed by atoms with Crippen LogP contribution in [0.5, 0.6) is 0 Å². The lowest BCUT2D eigenvalue weighted by atomic mass is 9.90. The summed E-state index contributed by atoms with van der Waals surface area (Å²) in [6, 6.07) is 2.13. The van der Waals surface area contributed by atoms with Crippen molar-refractivity contribution < 1.29 is 21.9 Å². The fraction of sp³-hybridized carbons (Fsp3) is 0.500. The van der Waals surface area contributed by atoms with Crippen molar-refractivity contribution >= 4 is 33.1 Å². The van der Waals surface area contributed by atoms with Crippen LogP contribution in [-0.2, 0) is 26.9 Å². The Hall–Kier alpha value is -2.53. The Labute approximate surface area is 166 Å². The van der Waals surface area contributed by atoms with Gasteiger partial charge in [-0.15, -0.1) is 3.89 Å². The second-order valence-electron chi connectivity index (χ2n) is 7.49. The van der Waals surface area contributed by atoms with Crippen molar-refractivity contribution in [3.05, 3.63) is 28.2 Å². The molecule has 2 saturated heterocycles. The third-order valence-corrected chi connectivity index (χ3v) is 6.69. The van der Waals surface area contributed by atoms with Gasteiger partial charge in [-0.2, -0.15) is 8.42 Å². The number of hydrogen-bond acceptors (Lipinski definition) is 6. The van der Waals surface area contributed by atoms with Gasteiger partial charge in [0, 0.05) is 13.5 Å². The van der Waals surface area contributed by atoms with Crippen LogP contribution in [0.3, 0.4) is 0 Å². The molecule has 29 heavy (non-hydrogen) atoms. The molecule has 11 heteroatoms. The number of imidazole rings is 1. The number of aryl methyl sites for hydroxylation is 1. The maximum Gasteiger partial charge on any atom is 0.334 e. The van der Waals surface area contributed by atoms with Crippen molar-refractivity contribution in [1.29, 1.82) is 0 Å². The minimum Gasteiger partial charge on any atom is -0.317 e. The Kier molecular flexibility index (Phi) is 4.82. The molecule has 2 aliphatic rings. The summed E-state index contributed by atoms with van der Waals surface area (Å²) in [4.78, 5) is 36.2. The zero-order valence-corrected chi connectivity index (χ0v) is 16.6. The van der Waals surface area contributed by atoms with E-state index in [4.69, 9.17) is 0 Å². The second-order valence-corrected chi connectivity index (χ2v) is 8.78. The molecule has 0 bridgehead atoms. The van der Waals surface area contributed by atoms with E-state index in [2.05, 4.69) is 10.6 Å². The SMILES string of the molecule is Cn1c(=O)n(C2CCC(=O)NC2=O)c2ccc(C3CCNCC3)c(S(=O)(=O)F)c21. The van der Waals surface area contributed by atoms with Crippen molar-refractivity contribution in [3.63, 3.8) is 0 Å². The van der Waals surface area contributed by atoms with Crippen LogP contribution >= 0.6 is 0 Å². The minimum atomic E-state index is -5.14. The predicted octanol–water partition coefficient (Wildman–Crippen LogP) is 0.443. The summed E-state index contributed by atoms with van der Waals surface area (Å²) in [6.45, 7) is 1.37. The molecule has 2 N–H and O–H groups in total. The molecule has 1 aromatic carbocycles. The van der Waals surface area contributed by atoms with Crippen molar-refractivity contribution in [2.75, 3.05) is 13.1 Å². The predicted molar refractivity (Wildman–Crippen MR) is 102 cm³/mol. The highest BCUT2D eigenvalue weighted by Crippen LogP contribution is 2.37. The highest BCUT2D eigenvalue weighted by Gasteiger charge is 2.35. The number of benzene rings is 1. The molecule has 3 heterocycles. The van der Waals surface area contributed by atoms with E-state index in [9.17, 15) is 26.7 Å². The Bertz CT molecular complexity index is 1180. The average molecular weight is 424 g/mol. The van der Waals surface area contributed by atoms with E-state index in [-0.39, 0.29) is 29.8 Å². The molecule has 2 aliphatic heterocycles. The van der Waals surface area contributed by atoms with Crippen LogP contribution in [0.25, 0.3) is 11.0 Å². The molecule has 1 atom stereocenters. The molecule has 2 fully saturated rings. The van der Waals surface area contributed by atoms with Crippen LogP contribution in [0.1, 0.15) is 43.2 Å². The lowest BCUT2D eigenvalue weighted by Gasteiger charge is -2.25. The first-order valence-corrected chi connectivity index (χ1v) is 10.8. The standard InChI is InChI=1S/C18H21FN4O5S/c1-22-15-12(23(18(22)26)13-4-5-14(24)21-17(13)25)3-2-11(16(15)29(19,27)28)10-6-8-20-9-7-10/h2-3,10,13,20H,4-9H2,1H3,(H,21,24,25). The van der Waals surface area contributed by atoms with Gasteiger partial charge in [0.1, 0.15) is 10.9 Å². The van der Waals surface area contributed by atoms with E-state index in [1.165, 1.54) is 13.1 Å². The van der Waals surface area contributed by atoms with Gasteiger partial charge in [-0.3, -0.25) is 24.0 Å². The quantitative estimate of drug-likeness (QED) is 0.545. The molecule has 9 nitrogen and oxygen atoms in total. The highest BCUT2D eigenvalue weighted by molar-refractivity contribution is 7.86. The highest BCUT2D eigenvalue weighted by atomic mass is 32.3. The Morgan fingerprint density at radius 3 is 2.41 bits per heavy atom. The smallest absolute Gasteiger partial charge is 0.317 e. The number of aromatic nitrogens is 2. The van der Waals surface area contributed by atoms with Crippen LogP contribution in [-0.4, -0.2) is 42.5 Å². The lowest BCUT2D eigenvalue weighted by molar-refractivity contribution is -0.135. The number of hydrogen-bond donors (Lipinski definition) is 2. The van der Waals surface area contributed by atoms with E-state index in [0.29, 0.717) is 31.5 Å². The Morgan fingerprint density at radius 1 is 1.10 bits per heavy atom. The van der Waals surface area contributed by atoms with Gasteiger partial charge in [0.05, 0.1) is 11.0 Å². The van der Waals surface area contributed by atoms with Crippen molar-refractivity contribution in [1.82, 2.24) is 19.8 Å². The number of carbonyl (C=O) groups excluding carboxylic acids is 2. The Morgan fingerprint density at radius 2 is 1.79 bits per heavy atom. The summed E-state index contributed by atoms with van der Waals surface area (Å²) in [5, 5.41) is 5.37. The van der Waals surface area contributed by atoms with Crippen molar-refractivity contribution in [2.24, 2.45) is 7.05 Å². The Balaban J connectivity index is 1.98. The molecule has 0 spiro atoms. The summed E-state index contributed by atoms with van der Waals surface area (Å²) in [5.74, 6) is -1.22. The first-order chi connectivity index (χ1) is 13.7. The molecule has 4 rings (SSSR count). The second kappa shape index (κ2) is 7.06. The maximum atomic E-state index is 14.5. The molecule has 2 amide bonds. The summed E-state index contributed by atoms with van der Waals surface area (Å²) < 4.78 is 41.0. The van der Waals surface area contributed by atoms with E-state index in [0.717, 1.165) is 9.13 Å². The monoisotopic (exact) mass is 424 g/mol. The van der Waals surface area contributed by atoms with Gasteiger partial charge in [0.15, 0.2) is 0 Å². The fourth-order valence-corrected chi connectivity index (χ4v) is 5.38. The number of piperidine rings is 2. The van der Waals surface area contributed by atoms with E-state index < -0.39 is 38.7 Å². The third-order valence-electron chi connectivity index (χ3n) is 5.77. The van der Waals surface area contributed by atoms with Crippen LogP contribution in [0.15, 0.2) is 21.8 Å². The van der Waals surface area contributed by atoms with Crippen LogP contribution in [0.2, 0.25) is 0 Å². The summed E-state index contributed by atoms with van der Waals surface area (Å²) in [6.07, 6.45) is 1.46. The van der Waals surface area contributed by atoms with Crippen LogP contribution < -0.4 is 16.3 Å². The fourth-order valence-electron chi connectivity index (χ4n) is 4.40. The molecule has 0 saturated carbocycles. The number of amides is 2. The average Bonchev–Trinajstić information content (AvgIpc) is 2.92. The van der Waals surface area contributed by atoms with Gasteiger partial charge in [-0.05, 0) is 49.9 Å². The first-order valence-electron chi connectivity index (χ1n) is 9.43. The van der Waals surface area contributed by atoms with Crippen LogP contribution in [0.4, 0.5) is 3.89 Å². The van der Waals surface area contributed by atoms with E-state index in [1.807, 2.05) is 0 Å². The first kappa shape index (κ1) is 19.8. The number of fused-ring (bicyclic) bond motifs is 1. The molecule has 1 aromatic heterocycles. The normalized spacial score (nSPS) is 21.5. The van der Waals surface area contributed by atoms with E-state index >= 15 is 0 Å². The van der Waals surface area contributed by atoms with Crippen molar-refractivity contribution in [2.45, 2.75) is 42.5 Å². The number of carbonyl (C=O) groups is 2. The van der Waals surface area contributed by atoms with Gasteiger partial charge in [-0.25, -0.2) is 4.79 Å². The molecule has 2 aromatic rings. The van der Waals surface area contributed by atoms with Gasteiger partial charge in [-0.1, -0.05) is 6.07 Å². The number of halogens is 1. The van der Waals surface area contributed by atoms with Gasteiger partial charge in [0.2, 0.25) is 11.8 Å². The summed E-state index contributed by atoms with van der Waals surface area (Å²) in [7, 11) is -3.78. The lowest BCUT2D eigenvalue weighted by Crippen LogP contribution is -2.44. The topological polar surface area (TPSA) is 119 Å². The summed E-state index contributed by atoms with van der Waals surface area (Å²) in [5.41, 5.74) is -0.196. The molecule has 1 unspecified atom stereocenters.